The van der Waals surface area contributed by atoms with E-state index in [0.717, 1.165) is 27.9 Å². The number of hydrogen-bond donors (Lipinski definition) is 2. The van der Waals surface area contributed by atoms with E-state index in [1.807, 2.05) is 45.0 Å². The molecule has 1 aromatic heterocycles. The van der Waals surface area contributed by atoms with Crippen LogP contribution in [0.3, 0.4) is 0 Å². The maximum absolute atomic E-state index is 12.0. The summed E-state index contributed by atoms with van der Waals surface area (Å²) < 4.78 is 5.68. The molecule has 1 atom stereocenters. The van der Waals surface area contributed by atoms with E-state index in [9.17, 15) is 4.79 Å². The van der Waals surface area contributed by atoms with Gasteiger partial charge in [0.15, 0.2) is 5.13 Å². The van der Waals surface area contributed by atoms with Gasteiger partial charge in [0, 0.05) is 18.9 Å². The van der Waals surface area contributed by atoms with Crippen molar-refractivity contribution in [3.63, 3.8) is 0 Å². The summed E-state index contributed by atoms with van der Waals surface area (Å²) in [5, 5.41) is 6.94. The second-order valence-electron chi connectivity index (χ2n) is 5.80. The van der Waals surface area contributed by atoms with Gasteiger partial charge in [-0.2, -0.15) is 0 Å². The lowest BCUT2D eigenvalue weighted by Gasteiger charge is -2.22. The van der Waals surface area contributed by atoms with Gasteiger partial charge in [-0.1, -0.05) is 23.5 Å². The van der Waals surface area contributed by atoms with Crippen LogP contribution in [0.2, 0.25) is 0 Å². The van der Waals surface area contributed by atoms with Crippen LogP contribution in [-0.4, -0.2) is 23.5 Å². The van der Waals surface area contributed by atoms with Crippen LogP contribution in [0.1, 0.15) is 43.6 Å². The number of anilines is 2. The molecular formula is C17H21N3O2S. The highest BCUT2D eigenvalue weighted by molar-refractivity contribution is 7.16. The number of carbonyl (C=O) groups excluding carboxylic acids is 1. The minimum atomic E-state index is 0.0124. The number of nitrogens with one attached hydrogen (secondary N) is 2. The number of ether oxygens (including phenoxy) is 1. The van der Waals surface area contributed by atoms with Gasteiger partial charge >= 0.3 is 0 Å². The van der Waals surface area contributed by atoms with Crippen molar-refractivity contribution in [1.82, 2.24) is 4.98 Å². The van der Waals surface area contributed by atoms with Gasteiger partial charge in [-0.05, 0) is 38.5 Å². The second kappa shape index (κ2) is 6.58. The topological polar surface area (TPSA) is 63.3 Å². The lowest BCUT2D eigenvalue weighted by atomic mass is 9.91. The van der Waals surface area contributed by atoms with Crippen LogP contribution in [-0.2, 0) is 4.79 Å². The third kappa shape index (κ3) is 3.47. The number of carbonyl (C=O) groups is 1. The van der Waals surface area contributed by atoms with Crippen molar-refractivity contribution >= 4 is 28.2 Å². The zero-order valence-electron chi connectivity index (χ0n) is 13.6. The van der Waals surface area contributed by atoms with Crippen LogP contribution in [0, 0.1) is 0 Å². The number of rotatable bonds is 5. The number of benzene rings is 1. The number of nitrogens with zero attached hydrogens (tertiary/aromatic N) is 1. The molecule has 0 radical (unpaired) electrons. The Morgan fingerprint density at radius 1 is 1.39 bits per heavy atom. The maximum atomic E-state index is 12.0. The molecule has 1 aliphatic heterocycles. The van der Waals surface area contributed by atoms with Gasteiger partial charge in [0.1, 0.15) is 11.6 Å². The predicted molar refractivity (Wildman–Crippen MR) is 93.6 cm³/mol. The van der Waals surface area contributed by atoms with Crippen LogP contribution < -0.4 is 15.4 Å². The molecule has 2 aromatic rings. The minimum absolute atomic E-state index is 0.0124. The molecule has 1 aromatic carbocycles. The highest BCUT2D eigenvalue weighted by Gasteiger charge is 2.30. The van der Waals surface area contributed by atoms with Gasteiger partial charge in [0.2, 0.25) is 5.91 Å². The maximum Gasteiger partial charge on any atom is 0.226 e. The van der Waals surface area contributed by atoms with Crippen molar-refractivity contribution in [2.75, 3.05) is 17.2 Å². The van der Waals surface area contributed by atoms with E-state index in [2.05, 4.69) is 15.6 Å². The van der Waals surface area contributed by atoms with Crippen LogP contribution in [0.5, 0.6) is 5.75 Å². The molecule has 0 spiro atoms. The van der Waals surface area contributed by atoms with Crippen molar-refractivity contribution in [1.29, 1.82) is 0 Å². The van der Waals surface area contributed by atoms with E-state index < -0.39 is 0 Å². The fourth-order valence-electron chi connectivity index (χ4n) is 2.67. The number of aromatic nitrogens is 1. The number of amides is 1. The van der Waals surface area contributed by atoms with Crippen molar-refractivity contribution in [3.05, 3.63) is 34.7 Å². The Bertz CT molecular complexity index is 694. The van der Waals surface area contributed by atoms with Crippen LogP contribution in [0.25, 0.3) is 0 Å². The molecule has 3 rings (SSSR count). The lowest BCUT2D eigenvalue weighted by molar-refractivity contribution is -0.116. The summed E-state index contributed by atoms with van der Waals surface area (Å²) in [7, 11) is 0. The molecule has 23 heavy (non-hydrogen) atoms. The van der Waals surface area contributed by atoms with E-state index in [4.69, 9.17) is 4.74 Å². The second-order valence-corrected chi connectivity index (χ2v) is 6.83. The summed E-state index contributed by atoms with van der Waals surface area (Å²) >= 11 is 1.61. The zero-order valence-corrected chi connectivity index (χ0v) is 14.4. The van der Waals surface area contributed by atoms with Gasteiger partial charge in [-0.25, -0.2) is 4.98 Å². The van der Waals surface area contributed by atoms with E-state index in [0.29, 0.717) is 12.2 Å². The average molecular weight is 331 g/mol. The van der Waals surface area contributed by atoms with Crippen molar-refractivity contribution in [2.24, 2.45) is 0 Å². The van der Waals surface area contributed by atoms with Gasteiger partial charge in [0.05, 0.1) is 11.0 Å². The van der Waals surface area contributed by atoms with E-state index in [-0.39, 0.29) is 17.9 Å². The molecule has 2 N–H and O–H groups in total. The summed E-state index contributed by atoms with van der Waals surface area (Å²) in [4.78, 5) is 17.6. The number of fused-ring (bicyclic) bond motifs is 1. The first kappa shape index (κ1) is 15.8. The third-order valence-electron chi connectivity index (χ3n) is 3.60. The summed E-state index contributed by atoms with van der Waals surface area (Å²) in [6.07, 6.45) is 0.600. The lowest BCUT2D eigenvalue weighted by Crippen LogP contribution is -2.22. The molecule has 0 saturated heterocycles. The summed E-state index contributed by atoms with van der Waals surface area (Å²) in [5.74, 6) is 1.60. The summed E-state index contributed by atoms with van der Waals surface area (Å²) in [5.41, 5.74) is 1.11. The van der Waals surface area contributed by atoms with Crippen LogP contribution >= 0.6 is 11.3 Å². The number of hydrogen-bond acceptors (Lipinski definition) is 5. The first-order chi connectivity index (χ1) is 11.1. The first-order valence-electron chi connectivity index (χ1n) is 7.88. The molecule has 0 fully saturated rings. The Morgan fingerprint density at radius 3 is 2.78 bits per heavy atom. The molecule has 0 bridgehead atoms. The molecule has 1 unspecified atom stereocenters. The van der Waals surface area contributed by atoms with Crippen molar-refractivity contribution < 1.29 is 9.53 Å². The fraction of sp³-hybridized carbons (Fsp3) is 0.412. The standard InChI is InChI=1S/C17H21N3O2S/c1-4-18-17-20-16-15(23-17)13(9-14(21)19-16)11-5-7-12(8-6-11)22-10(2)3/h5-8,10,13H,4,9H2,1-3H3,(H,18,20)(H,19,21). The summed E-state index contributed by atoms with van der Waals surface area (Å²) in [6.45, 7) is 6.85. The minimum Gasteiger partial charge on any atom is -0.491 e. The molecular weight excluding hydrogens is 310 g/mol. The molecule has 6 heteroatoms. The molecule has 0 aliphatic carbocycles. The quantitative estimate of drug-likeness (QED) is 0.874. The van der Waals surface area contributed by atoms with Gasteiger partial charge in [-0.3, -0.25) is 4.79 Å². The van der Waals surface area contributed by atoms with Crippen molar-refractivity contribution in [2.45, 2.75) is 39.2 Å². The molecule has 1 amide bonds. The smallest absolute Gasteiger partial charge is 0.226 e. The predicted octanol–water partition coefficient (Wildman–Crippen LogP) is 3.84. The average Bonchev–Trinajstić information content (AvgIpc) is 2.89. The summed E-state index contributed by atoms with van der Waals surface area (Å²) in [6, 6.07) is 8.01. The van der Waals surface area contributed by atoms with Gasteiger partial charge in [0.25, 0.3) is 0 Å². The molecule has 122 valence electrons. The monoisotopic (exact) mass is 331 g/mol. The number of thiazole rings is 1. The molecule has 5 nitrogen and oxygen atoms in total. The van der Waals surface area contributed by atoms with E-state index in [1.165, 1.54) is 0 Å². The normalized spacial score (nSPS) is 16.9. The SMILES string of the molecule is CCNc1nc2c(s1)C(c1ccc(OC(C)C)cc1)CC(=O)N2. The Hall–Kier alpha value is -2.08. The van der Waals surface area contributed by atoms with Gasteiger partial charge in [-0.15, -0.1) is 0 Å². The molecule has 0 saturated carbocycles. The highest BCUT2D eigenvalue weighted by Crippen LogP contribution is 2.42. The van der Waals surface area contributed by atoms with Crippen molar-refractivity contribution in [3.8, 4) is 5.75 Å². The largest absolute Gasteiger partial charge is 0.491 e. The van der Waals surface area contributed by atoms with Gasteiger partial charge < -0.3 is 15.4 Å². The Labute approximate surface area is 140 Å². The van der Waals surface area contributed by atoms with Crippen LogP contribution in [0.4, 0.5) is 10.9 Å². The third-order valence-corrected chi connectivity index (χ3v) is 4.73. The highest BCUT2D eigenvalue weighted by atomic mass is 32.1. The molecule has 1 aliphatic rings. The van der Waals surface area contributed by atoms with Crippen LogP contribution in [0.15, 0.2) is 24.3 Å². The Balaban J connectivity index is 1.89. The zero-order chi connectivity index (χ0) is 16.4. The van der Waals surface area contributed by atoms with E-state index >= 15 is 0 Å². The Kier molecular flexibility index (Phi) is 4.52. The van der Waals surface area contributed by atoms with E-state index in [1.54, 1.807) is 11.3 Å². The Morgan fingerprint density at radius 2 is 2.13 bits per heavy atom. The first-order valence-corrected chi connectivity index (χ1v) is 8.69. The molecule has 2 heterocycles. The fourth-order valence-corrected chi connectivity index (χ4v) is 3.78.